The highest BCUT2D eigenvalue weighted by Crippen LogP contribution is 2.44. The van der Waals surface area contributed by atoms with Crippen molar-refractivity contribution in [3.8, 4) is 0 Å². The zero-order valence-electron chi connectivity index (χ0n) is 18.7. The van der Waals surface area contributed by atoms with Crippen molar-refractivity contribution in [2.75, 3.05) is 7.11 Å². The van der Waals surface area contributed by atoms with E-state index in [-0.39, 0.29) is 30.5 Å². The zero-order valence-corrected chi connectivity index (χ0v) is 19.6. The summed E-state index contributed by atoms with van der Waals surface area (Å²) < 4.78 is 11.0. The summed E-state index contributed by atoms with van der Waals surface area (Å²) in [6.07, 6.45) is 0.177. The lowest BCUT2D eigenvalue weighted by Gasteiger charge is -2.51. The van der Waals surface area contributed by atoms with Crippen LogP contribution in [0, 0.1) is 6.92 Å². The third-order valence-electron chi connectivity index (χ3n) is 5.70. The molecule has 2 amide bonds. The minimum absolute atomic E-state index is 0.102. The highest BCUT2D eigenvalue weighted by atomic mass is 32.2. The van der Waals surface area contributed by atoms with Crippen LogP contribution in [0.15, 0.2) is 65.9 Å². The number of thioether (sulfide) groups is 1. The minimum Gasteiger partial charge on any atom is -0.456 e. The predicted molar refractivity (Wildman–Crippen MR) is 125 cm³/mol. The highest BCUT2D eigenvalue weighted by molar-refractivity contribution is 8.00. The van der Waals surface area contributed by atoms with Gasteiger partial charge in [-0.3, -0.25) is 14.5 Å². The second-order valence-electron chi connectivity index (χ2n) is 8.10. The number of fused-ring (bicyclic) bond motifs is 1. The molecule has 0 bridgehead atoms. The van der Waals surface area contributed by atoms with Gasteiger partial charge >= 0.3 is 5.97 Å². The number of nitrogens with zero attached hydrogens (tertiary/aromatic N) is 1. The molecule has 2 aromatic rings. The number of carbonyl (C=O) groups is 3. The number of amides is 2. The van der Waals surface area contributed by atoms with Crippen molar-refractivity contribution in [3.63, 3.8) is 0 Å². The van der Waals surface area contributed by atoms with Crippen molar-refractivity contribution in [3.05, 3.63) is 82.6 Å². The topological polar surface area (TPSA) is 84.9 Å². The van der Waals surface area contributed by atoms with Crippen LogP contribution in [0.4, 0.5) is 0 Å². The van der Waals surface area contributed by atoms with Gasteiger partial charge in [0.25, 0.3) is 5.91 Å². The van der Waals surface area contributed by atoms with Crippen LogP contribution in [0.5, 0.6) is 0 Å². The maximum absolute atomic E-state index is 13.0. The summed E-state index contributed by atoms with van der Waals surface area (Å²) in [6.45, 7) is 3.84. The largest absolute Gasteiger partial charge is 0.456 e. The molecule has 2 aliphatic rings. The molecular weight excluding hydrogens is 440 g/mol. The summed E-state index contributed by atoms with van der Waals surface area (Å²) >= 11 is 1.39. The molecule has 4 rings (SSSR count). The van der Waals surface area contributed by atoms with Crippen molar-refractivity contribution in [2.24, 2.45) is 0 Å². The second kappa shape index (κ2) is 9.80. The Kier molecular flexibility index (Phi) is 6.85. The van der Waals surface area contributed by atoms with Crippen molar-refractivity contribution in [1.29, 1.82) is 0 Å². The van der Waals surface area contributed by atoms with Crippen LogP contribution in [0.25, 0.3) is 0 Å². The number of rotatable bonds is 7. The number of β-lactam (4-membered cyclic amide) rings is 1. The van der Waals surface area contributed by atoms with Crippen LogP contribution in [0.1, 0.15) is 23.6 Å². The zero-order chi connectivity index (χ0) is 23.5. The standard InChI is InChI=1S/C25H26N2O5S/c1-15-9-11-17(12-10-15)13-19(28)26-20-22(29)27-21(16(2)25(31-3)33-23(20)27)24(30)32-14-18-7-5-4-6-8-18/h4-12,20,23,25H,13-14H2,1-3H3,(H,26,28)/t20-,23-,25-/m0/s1. The predicted octanol–water partition coefficient (Wildman–Crippen LogP) is 2.93. The van der Waals surface area contributed by atoms with Crippen molar-refractivity contribution >= 4 is 29.5 Å². The van der Waals surface area contributed by atoms with E-state index in [1.54, 1.807) is 14.0 Å². The Morgan fingerprint density at radius 1 is 1.03 bits per heavy atom. The van der Waals surface area contributed by atoms with Crippen LogP contribution in [0.2, 0.25) is 0 Å². The lowest BCUT2D eigenvalue weighted by Crippen LogP contribution is -2.71. The lowest BCUT2D eigenvalue weighted by atomic mass is 10.0. The van der Waals surface area contributed by atoms with E-state index in [1.165, 1.54) is 16.7 Å². The summed E-state index contributed by atoms with van der Waals surface area (Å²) in [4.78, 5) is 39.9. The first-order chi connectivity index (χ1) is 15.9. The van der Waals surface area contributed by atoms with Gasteiger partial charge in [0.2, 0.25) is 5.91 Å². The molecule has 1 saturated heterocycles. The summed E-state index contributed by atoms with van der Waals surface area (Å²) in [7, 11) is 1.55. The maximum atomic E-state index is 13.0. The Balaban J connectivity index is 1.45. The van der Waals surface area contributed by atoms with Crippen molar-refractivity contribution < 1.29 is 23.9 Å². The van der Waals surface area contributed by atoms with E-state index in [0.717, 1.165) is 16.7 Å². The van der Waals surface area contributed by atoms with Crippen LogP contribution in [-0.2, 0) is 36.9 Å². The number of ether oxygens (including phenoxy) is 2. The number of hydrogen-bond acceptors (Lipinski definition) is 6. The monoisotopic (exact) mass is 466 g/mol. The summed E-state index contributed by atoms with van der Waals surface area (Å²) in [5.74, 6) is -1.15. The van der Waals surface area contributed by atoms with Gasteiger partial charge in [-0.25, -0.2) is 4.79 Å². The normalized spacial score (nSPS) is 21.8. The number of nitrogens with one attached hydrogen (secondary N) is 1. The number of carbonyl (C=O) groups excluding carboxylic acids is 3. The van der Waals surface area contributed by atoms with E-state index in [4.69, 9.17) is 9.47 Å². The second-order valence-corrected chi connectivity index (χ2v) is 9.29. The summed E-state index contributed by atoms with van der Waals surface area (Å²) in [6, 6.07) is 16.3. The van der Waals surface area contributed by atoms with Crippen LogP contribution in [0.3, 0.4) is 0 Å². The first-order valence-corrected chi connectivity index (χ1v) is 11.6. The van der Waals surface area contributed by atoms with E-state index in [0.29, 0.717) is 5.57 Å². The molecule has 2 aromatic carbocycles. The molecule has 33 heavy (non-hydrogen) atoms. The van der Waals surface area contributed by atoms with E-state index in [9.17, 15) is 14.4 Å². The highest BCUT2D eigenvalue weighted by Gasteiger charge is 2.56. The number of hydrogen-bond donors (Lipinski definition) is 1. The van der Waals surface area contributed by atoms with Crippen molar-refractivity contribution in [2.45, 2.75) is 43.7 Å². The van der Waals surface area contributed by atoms with Crippen molar-refractivity contribution in [1.82, 2.24) is 10.2 Å². The number of aryl methyl sites for hydroxylation is 1. The van der Waals surface area contributed by atoms with Gasteiger partial charge in [0.1, 0.15) is 29.2 Å². The Labute approximate surface area is 197 Å². The molecule has 1 fully saturated rings. The fourth-order valence-corrected chi connectivity index (χ4v) is 5.26. The quantitative estimate of drug-likeness (QED) is 0.499. The average molecular weight is 467 g/mol. The number of benzene rings is 2. The minimum atomic E-state index is -0.726. The fraction of sp³-hybridized carbons (Fsp3) is 0.320. The van der Waals surface area contributed by atoms with E-state index in [2.05, 4.69) is 5.32 Å². The molecule has 2 aliphatic heterocycles. The molecule has 172 valence electrons. The van der Waals surface area contributed by atoms with Gasteiger partial charge in [-0.05, 0) is 30.5 Å². The molecule has 2 heterocycles. The smallest absolute Gasteiger partial charge is 0.355 e. The molecule has 0 spiro atoms. The Hall–Kier alpha value is -3.10. The van der Waals surface area contributed by atoms with Gasteiger partial charge < -0.3 is 14.8 Å². The average Bonchev–Trinajstić information content (AvgIpc) is 2.83. The molecule has 1 N–H and O–H groups in total. The molecule has 0 unspecified atom stereocenters. The molecule has 0 aliphatic carbocycles. The lowest BCUT2D eigenvalue weighted by molar-refractivity contribution is -0.153. The third kappa shape index (κ3) is 4.82. The summed E-state index contributed by atoms with van der Waals surface area (Å²) in [5.41, 5.74) is 3.22. The van der Waals surface area contributed by atoms with E-state index >= 15 is 0 Å². The van der Waals surface area contributed by atoms with Gasteiger partial charge in [0.15, 0.2) is 0 Å². The molecule has 0 aromatic heterocycles. The fourth-order valence-electron chi connectivity index (χ4n) is 3.90. The molecule has 3 atom stereocenters. The Bertz CT molecular complexity index is 1080. The third-order valence-corrected chi connectivity index (χ3v) is 7.25. The van der Waals surface area contributed by atoms with Crippen LogP contribution in [-0.4, -0.2) is 46.6 Å². The van der Waals surface area contributed by atoms with Gasteiger partial charge in [-0.15, -0.1) is 0 Å². The summed E-state index contributed by atoms with van der Waals surface area (Å²) in [5, 5.41) is 2.39. The molecule has 0 saturated carbocycles. The molecule has 0 radical (unpaired) electrons. The first-order valence-electron chi connectivity index (χ1n) is 10.7. The number of esters is 1. The SMILES string of the molecule is CO[C@H]1S[C@H]2[C@@H](NC(=O)Cc3ccc(C)cc3)C(=O)N2C(C(=O)OCc2ccccc2)=C1C. The maximum Gasteiger partial charge on any atom is 0.355 e. The van der Waals surface area contributed by atoms with Crippen LogP contribution < -0.4 is 5.32 Å². The van der Waals surface area contributed by atoms with Gasteiger partial charge in [0.05, 0.1) is 6.42 Å². The number of methoxy groups -OCH3 is 1. The Morgan fingerprint density at radius 2 is 1.73 bits per heavy atom. The van der Waals surface area contributed by atoms with Crippen LogP contribution >= 0.6 is 11.8 Å². The molecule has 8 heteroatoms. The Morgan fingerprint density at radius 3 is 2.39 bits per heavy atom. The molecular formula is C25H26N2O5S. The van der Waals surface area contributed by atoms with Gasteiger partial charge in [0, 0.05) is 7.11 Å². The van der Waals surface area contributed by atoms with E-state index in [1.807, 2.05) is 61.5 Å². The first kappa shape index (κ1) is 23.1. The molecule has 7 nitrogen and oxygen atoms in total. The van der Waals surface area contributed by atoms with Gasteiger partial charge in [-0.1, -0.05) is 71.9 Å². The van der Waals surface area contributed by atoms with Gasteiger partial charge in [-0.2, -0.15) is 0 Å². The van der Waals surface area contributed by atoms with E-state index < -0.39 is 22.8 Å².